The summed E-state index contributed by atoms with van der Waals surface area (Å²) in [6, 6.07) is 9.54. The van der Waals surface area contributed by atoms with Crippen LogP contribution in [0.3, 0.4) is 0 Å². The Kier molecular flexibility index (Phi) is 6.92. The molecule has 0 spiro atoms. The average molecular weight is 328 g/mol. The third-order valence-electron chi connectivity index (χ3n) is 3.35. The molecule has 4 heteroatoms. The number of para-hydroxylation sites is 1. The molecule has 19 heavy (non-hydrogen) atoms. The monoisotopic (exact) mass is 327 g/mol. The van der Waals surface area contributed by atoms with Crippen LogP contribution in [0.2, 0.25) is 0 Å². The van der Waals surface area contributed by atoms with Crippen LogP contribution in [-0.2, 0) is 4.79 Å². The van der Waals surface area contributed by atoms with Crippen LogP contribution in [0, 0.1) is 0 Å². The molecule has 0 saturated heterocycles. The number of rotatable bonds is 8. The topological polar surface area (TPSA) is 38.3 Å². The van der Waals surface area contributed by atoms with Crippen molar-refractivity contribution < 1.29 is 9.53 Å². The van der Waals surface area contributed by atoms with Gasteiger partial charge in [-0.2, -0.15) is 0 Å². The molecule has 106 valence electrons. The fourth-order valence-electron chi connectivity index (χ4n) is 1.79. The second-order valence-corrected chi connectivity index (χ2v) is 5.14. The molecule has 0 aromatic heterocycles. The maximum atomic E-state index is 11.9. The molecule has 1 amide bonds. The molecule has 3 nitrogen and oxygen atoms in total. The predicted octanol–water partition coefficient (Wildman–Crippen LogP) is 3.53. The largest absolute Gasteiger partial charge is 0.493 e. The predicted molar refractivity (Wildman–Crippen MR) is 81.8 cm³/mol. The first-order valence-corrected chi connectivity index (χ1v) is 7.82. The molecule has 0 fully saturated rings. The summed E-state index contributed by atoms with van der Waals surface area (Å²) in [5, 5.41) is 3.88. The molecule has 0 aliphatic heterocycles. The quantitative estimate of drug-likeness (QED) is 0.742. The van der Waals surface area contributed by atoms with E-state index in [0.29, 0.717) is 13.0 Å². The molecule has 0 saturated carbocycles. The van der Waals surface area contributed by atoms with E-state index in [4.69, 9.17) is 4.74 Å². The highest BCUT2D eigenvalue weighted by Crippen LogP contribution is 2.18. The molecule has 0 atom stereocenters. The summed E-state index contributed by atoms with van der Waals surface area (Å²) in [5.41, 5.74) is -0.135. The standard InChI is InChI=1S/C15H22BrNO2/c1-3-15(4-2,12-16)17-14(18)10-11-19-13-8-6-5-7-9-13/h5-9H,3-4,10-12H2,1-2H3,(H,17,18). The highest BCUT2D eigenvalue weighted by atomic mass is 79.9. The Morgan fingerprint density at radius 3 is 2.42 bits per heavy atom. The molecule has 0 heterocycles. The van der Waals surface area contributed by atoms with E-state index >= 15 is 0 Å². The molecular formula is C15H22BrNO2. The van der Waals surface area contributed by atoms with Gasteiger partial charge < -0.3 is 10.1 Å². The molecular weight excluding hydrogens is 306 g/mol. The summed E-state index contributed by atoms with van der Waals surface area (Å²) in [7, 11) is 0. The van der Waals surface area contributed by atoms with Crippen LogP contribution in [0.5, 0.6) is 5.75 Å². The fourth-order valence-corrected chi connectivity index (χ4v) is 2.72. The Morgan fingerprint density at radius 2 is 1.89 bits per heavy atom. The zero-order chi connectivity index (χ0) is 14.1. The lowest BCUT2D eigenvalue weighted by molar-refractivity contribution is -0.123. The second-order valence-electron chi connectivity index (χ2n) is 4.58. The van der Waals surface area contributed by atoms with E-state index in [2.05, 4.69) is 35.1 Å². The first-order valence-electron chi connectivity index (χ1n) is 6.70. The number of hydrogen-bond acceptors (Lipinski definition) is 2. The number of ether oxygens (including phenoxy) is 1. The lowest BCUT2D eigenvalue weighted by Crippen LogP contribution is -2.49. The smallest absolute Gasteiger partial charge is 0.223 e. The molecule has 1 aromatic rings. The SMILES string of the molecule is CCC(CC)(CBr)NC(=O)CCOc1ccccc1. The van der Waals surface area contributed by atoms with E-state index in [0.717, 1.165) is 23.9 Å². The number of amides is 1. The Bertz CT molecular complexity index is 369. The third-order valence-corrected chi connectivity index (χ3v) is 4.43. The summed E-state index contributed by atoms with van der Waals surface area (Å²) in [4.78, 5) is 11.9. The molecule has 1 rings (SSSR count). The number of carbonyl (C=O) groups is 1. The van der Waals surface area contributed by atoms with Gasteiger partial charge in [-0.3, -0.25) is 4.79 Å². The summed E-state index contributed by atoms with van der Waals surface area (Å²) in [6.07, 6.45) is 2.21. The number of carbonyl (C=O) groups excluding carboxylic acids is 1. The van der Waals surface area contributed by atoms with Gasteiger partial charge in [-0.05, 0) is 25.0 Å². The van der Waals surface area contributed by atoms with Crippen molar-refractivity contribution in [2.75, 3.05) is 11.9 Å². The van der Waals surface area contributed by atoms with Gasteiger partial charge in [0, 0.05) is 10.9 Å². The van der Waals surface area contributed by atoms with Crippen molar-refractivity contribution in [3.05, 3.63) is 30.3 Å². The minimum atomic E-state index is -0.135. The Balaban J connectivity index is 2.35. The van der Waals surface area contributed by atoms with Gasteiger partial charge in [0.2, 0.25) is 5.91 Å². The van der Waals surface area contributed by atoms with Crippen LogP contribution in [0.1, 0.15) is 33.1 Å². The molecule has 0 bridgehead atoms. The lowest BCUT2D eigenvalue weighted by atomic mass is 9.95. The van der Waals surface area contributed by atoms with Gasteiger partial charge in [0.15, 0.2) is 0 Å². The van der Waals surface area contributed by atoms with E-state index in [1.54, 1.807) is 0 Å². The van der Waals surface area contributed by atoms with Crippen molar-refractivity contribution in [3.8, 4) is 5.75 Å². The minimum Gasteiger partial charge on any atom is -0.493 e. The number of hydrogen-bond donors (Lipinski definition) is 1. The van der Waals surface area contributed by atoms with Crippen molar-refractivity contribution in [2.45, 2.75) is 38.6 Å². The maximum absolute atomic E-state index is 11.9. The normalized spacial score (nSPS) is 11.1. The zero-order valence-corrected chi connectivity index (χ0v) is 13.2. The van der Waals surface area contributed by atoms with Crippen molar-refractivity contribution in [3.63, 3.8) is 0 Å². The van der Waals surface area contributed by atoms with Crippen LogP contribution in [0.4, 0.5) is 0 Å². The third kappa shape index (κ3) is 5.23. The zero-order valence-electron chi connectivity index (χ0n) is 11.6. The number of benzene rings is 1. The average Bonchev–Trinajstić information content (AvgIpc) is 2.46. The van der Waals surface area contributed by atoms with Crippen molar-refractivity contribution in [1.82, 2.24) is 5.32 Å². The lowest BCUT2D eigenvalue weighted by Gasteiger charge is -2.30. The van der Waals surface area contributed by atoms with Crippen LogP contribution < -0.4 is 10.1 Å². The summed E-state index contributed by atoms with van der Waals surface area (Å²) < 4.78 is 5.52. The molecule has 1 N–H and O–H groups in total. The molecule has 0 unspecified atom stereocenters. The minimum absolute atomic E-state index is 0.0408. The van der Waals surface area contributed by atoms with Crippen molar-refractivity contribution >= 4 is 21.8 Å². The number of halogens is 1. The van der Waals surface area contributed by atoms with Gasteiger partial charge in [0.05, 0.1) is 13.0 Å². The van der Waals surface area contributed by atoms with Crippen LogP contribution in [-0.4, -0.2) is 23.4 Å². The Hall–Kier alpha value is -1.03. The summed E-state index contributed by atoms with van der Waals surface area (Å²) in [6.45, 7) is 4.58. The van der Waals surface area contributed by atoms with Crippen LogP contribution >= 0.6 is 15.9 Å². The summed E-state index contributed by atoms with van der Waals surface area (Å²) in [5.74, 6) is 0.840. The van der Waals surface area contributed by atoms with Gasteiger partial charge in [-0.15, -0.1) is 0 Å². The van der Waals surface area contributed by atoms with Gasteiger partial charge in [0.1, 0.15) is 5.75 Å². The molecule has 0 aliphatic rings. The van der Waals surface area contributed by atoms with Crippen molar-refractivity contribution in [2.24, 2.45) is 0 Å². The fraction of sp³-hybridized carbons (Fsp3) is 0.533. The first kappa shape index (κ1) is 16.0. The first-order chi connectivity index (χ1) is 9.15. The highest BCUT2D eigenvalue weighted by molar-refractivity contribution is 9.09. The van der Waals surface area contributed by atoms with E-state index < -0.39 is 0 Å². The highest BCUT2D eigenvalue weighted by Gasteiger charge is 2.26. The molecule has 1 aromatic carbocycles. The van der Waals surface area contributed by atoms with Crippen LogP contribution in [0.15, 0.2) is 30.3 Å². The number of nitrogens with one attached hydrogen (secondary N) is 1. The number of alkyl halides is 1. The van der Waals surface area contributed by atoms with Gasteiger partial charge in [-0.25, -0.2) is 0 Å². The van der Waals surface area contributed by atoms with E-state index in [-0.39, 0.29) is 11.4 Å². The van der Waals surface area contributed by atoms with E-state index in [1.807, 2.05) is 30.3 Å². The van der Waals surface area contributed by atoms with Gasteiger partial charge in [-0.1, -0.05) is 48.0 Å². The van der Waals surface area contributed by atoms with Crippen molar-refractivity contribution in [1.29, 1.82) is 0 Å². The van der Waals surface area contributed by atoms with E-state index in [9.17, 15) is 4.79 Å². The van der Waals surface area contributed by atoms with Gasteiger partial charge >= 0.3 is 0 Å². The van der Waals surface area contributed by atoms with Gasteiger partial charge in [0.25, 0.3) is 0 Å². The molecule has 0 aliphatic carbocycles. The maximum Gasteiger partial charge on any atom is 0.223 e. The second kappa shape index (κ2) is 8.20. The van der Waals surface area contributed by atoms with Crippen LogP contribution in [0.25, 0.3) is 0 Å². The Morgan fingerprint density at radius 1 is 1.26 bits per heavy atom. The summed E-state index contributed by atoms with van der Waals surface area (Å²) >= 11 is 3.48. The Labute approximate surface area is 123 Å². The molecule has 0 radical (unpaired) electrons. The van der Waals surface area contributed by atoms with E-state index in [1.165, 1.54) is 0 Å².